The predicted molar refractivity (Wildman–Crippen MR) is 114 cm³/mol. The van der Waals surface area contributed by atoms with Crippen LogP contribution in [0.4, 0.5) is 11.8 Å². The Bertz CT molecular complexity index is 673. The minimum absolute atomic E-state index is 0.0910. The first kappa shape index (κ1) is 21.4. The largest absolute Gasteiger partial charge is 0.357 e. The lowest BCUT2D eigenvalue weighted by atomic mass is 9.84. The predicted octanol–water partition coefficient (Wildman–Crippen LogP) is 3.03. The number of rotatable bonds is 6. The molecule has 1 amide bonds. The Hall–Kier alpha value is -1.31. The number of carbonyl (C=O) groups excluding carboxylic acids is 1. The van der Waals surface area contributed by atoms with E-state index in [4.69, 9.17) is 23.2 Å². The minimum Gasteiger partial charge on any atom is -0.357 e. The van der Waals surface area contributed by atoms with Gasteiger partial charge in [0.25, 0.3) is 0 Å². The van der Waals surface area contributed by atoms with Gasteiger partial charge in [0.15, 0.2) is 11.0 Å². The van der Waals surface area contributed by atoms with E-state index in [1.54, 1.807) is 14.0 Å². The molecular formula is C19H30Cl2N6O. The third-order valence-corrected chi connectivity index (χ3v) is 6.51. The molecule has 1 aliphatic heterocycles. The number of hydrogen-bond acceptors (Lipinski definition) is 6. The molecule has 2 fully saturated rings. The SMILES string of the molecule is CNc1nc(Cl)c(Cl)c(N2CCN(CC[C@H]3CC[C@H](NC(C)=O)CC3)CC2)n1. The summed E-state index contributed by atoms with van der Waals surface area (Å²) in [4.78, 5) is 24.5. The van der Waals surface area contributed by atoms with Gasteiger partial charge in [-0.25, -0.2) is 0 Å². The van der Waals surface area contributed by atoms with Gasteiger partial charge < -0.3 is 15.5 Å². The van der Waals surface area contributed by atoms with E-state index in [9.17, 15) is 4.79 Å². The average Bonchev–Trinajstić information content (AvgIpc) is 2.69. The molecule has 156 valence electrons. The van der Waals surface area contributed by atoms with E-state index in [-0.39, 0.29) is 11.1 Å². The fraction of sp³-hybridized carbons (Fsp3) is 0.737. The van der Waals surface area contributed by atoms with Crippen molar-refractivity contribution in [2.75, 3.05) is 50.0 Å². The van der Waals surface area contributed by atoms with E-state index in [2.05, 4.69) is 30.4 Å². The molecule has 0 aromatic carbocycles. The Morgan fingerprint density at radius 2 is 1.79 bits per heavy atom. The fourth-order valence-corrected chi connectivity index (χ4v) is 4.53. The average molecular weight is 429 g/mol. The Labute approximate surface area is 177 Å². The number of piperazine rings is 1. The van der Waals surface area contributed by atoms with Crippen LogP contribution in [0.3, 0.4) is 0 Å². The van der Waals surface area contributed by atoms with Gasteiger partial charge in [0.2, 0.25) is 11.9 Å². The standard InChI is InChI=1S/C19H30Cl2N6O/c1-13(28)23-15-5-3-14(4-6-15)7-8-26-9-11-27(12-10-26)18-16(20)17(21)24-19(22-2)25-18/h14-15H,3-12H2,1-2H3,(H,23,28)(H,22,24,25)/t14-,15-. The van der Waals surface area contributed by atoms with Gasteiger partial charge >= 0.3 is 0 Å². The van der Waals surface area contributed by atoms with Gasteiger partial charge in [0, 0.05) is 46.2 Å². The summed E-state index contributed by atoms with van der Waals surface area (Å²) in [7, 11) is 1.77. The van der Waals surface area contributed by atoms with Crippen LogP contribution in [0.2, 0.25) is 10.2 Å². The number of anilines is 2. The molecule has 0 radical (unpaired) electrons. The zero-order valence-corrected chi connectivity index (χ0v) is 18.2. The summed E-state index contributed by atoms with van der Waals surface area (Å²) < 4.78 is 0. The maximum Gasteiger partial charge on any atom is 0.225 e. The number of aromatic nitrogens is 2. The molecule has 2 aliphatic rings. The third kappa shape index (κ3) is 5.61. The molecule has 1 aromatic rings. The first-order chi connectivity index (χ1) is 13.5. The first-order valence-corrected chi connectivity index (χ1v) is 10.9. The monoisotopic (exact) mass is 428 g/mol. The van der Waals surface area contributed by atoms with E-state index >= 15 is 0 Å². The van der Waals surface area contributed by atoms with Crippen molar-refractivity contribution in [2.45, 2.75) is 45.1 Å². The van der Waals surface area contributed by atoms with Crippen LogP contribution in [0, 0.1) is 5.92 Å². The molecule has 2 heterocycles. The summed E-state index contributed by atoms with van der Waals surface area (Å²) >= 11 is 12.5. The molecule has 1 saturated carbocycles. The van der Waals surface area contributed by atoms with Crippen molar-refractivity contribution in [3.63, 3.8) is 0 Å². The second-order valence-electron chi connectivity index (χ2n) is 7.76. The number of nitrogens with one attached hydrogen (secondary N) is 2. The van der Waals surface area contributed by atoms with E-state index in [1.807, 2.05) is 0 Å². The number of hydrogen-bond donors (Lipinski definition) is 2. The molecule has 9 heteroatoms. The summed E-state index contributed by atoms with van der Waals surface area (Å²) in [5.41, 5.74) is 0. The van der Waals surface area contributed by atoms with Gasteiger partial charge in [-0.05, 0) is 44.6 Å². The van der Waals surface area contributed by atoms with Crippen molar-refractivity contribution >= 4 is 40.9 Å². The van der Waals surface area contributed by atoms with E-state index in [0.29, 0.717) is 22.8 Å². The number of amides is 1. The highest BCUT2D eigenvalue weighted by atomic mass is 35.5. The van der Waals surface area contributed by atoms with Crippen LogP contribution < -0.4 is 15.5 Å². The Morgan fingerprint density at radius 1 is 1.11 bits per heavy atom. The number of carbonyl (C=O) groups is 1. The molecule has 28 heavy (non-hydrogen) atoms. The summed E-state index contributed by atoms with van der Waals surface area (Å²) in [6, 6.07) is 0.379. The van der Waals surface area contributed by atoms with Crippen LogP contribution in [0.25, 0.3) is 0 Å². The van der Waals surface area contributed by atoms with Crippen LogP contribution in [0.1, 0.15) is 39.0 Å². The van der Waals surface area contributed by atoms with Gasteiger partial charge in [-0.15, -0.1) is 0 Å². The van der Waals surface area contributed by atoms with Crippen molar-refractivity contribution in [3.8, 4) is 0 Å². The lowest BCUT2D eigenvalue weighted by Crippen LogP contribution is -2.47. The maximum absolute atomic E-state index is 11.2. The quantitative estimate of drug-likeness (QED) is 0.678. The Balaban J connectivity index is 1.43. The van der Waals surface area contributed by atoms with Crippen molar-refractivity contribution in [1.82, 2.24) is 20.2 Å². The second-order valence-corrected chi connectivity index (χ2v) is 8.50. The van der Waals surface area contributed by atoms with Gasteiger partial charge in [-0.2, -0.15) is 9.97 Å². The highest BCUT2D eigenvalue weighted by Gasteiger charge is 2.25. The molecule has 2 N–H and O–H groups in total. The molecule has 1 saturated heterocycles. The van der Waals surface area contributed by atoms with Gasteiger partial charge in [-0.1, -0.05) is 23.2 Å². The summed E-state index contributed by atoms with van der Waals surface area (Å²) in [6.45, 7) is 6.48. The molecular weight excluding hydrogens is 399 g/mol. The highest BCUT2D eigenvalue weighted by Crippen LogP contribution is 2.32. The van der Waals surface area contributed by atoms with Gasteiger partial charge in [-0.3, -0.25) is 9.69 Å². The summed E-state index contributed by atoms with van der Waals surface area (Å²) in [5, 5.41) is 6.69. The molecule has 7 nitrogen and oxygen atoms in total. The first-order valence-electron chi connectivity index (χ1n) is 10.1. The van der Waals surface area contributed by atoms with E-state index in [1.165, 1.54) is 19.3 Å². The third-order valence-electron chi connectivity index (χ3n) is 5.80. The summed E-state index contributed by atoms with van der Waals surface area (Å²) in [5.74, 6) is 2.06. The second kappa shape index (κ2) is 9.94. The van der Waals surface area contributed by atoms with Gasteiger partial charge in [0.05, 0.1) is 0 Å². The molecule has 3 rings (SSSR count). The molecule has 0 atom stereocenters. The normalized spacial score (nSPS) is 23.5. The molecule has 1 aromatic heterocycles. The van der Waals surface area contributed by atoms with E-state index < -0.39 is 0 Å². The lowest BCUT2D eigenvalue weighted by Gasteiger charge is -2.37. The molecule has 0 spiro atoms. The van der Waals surface area contributed by atoms with Crippen molar-refractivity contribution < 1.29 is 4.79 Å². The lowest BCUT2D eigenvalue weighted by molar-refractivity contribution is -0.119. The Morgan fingerprint density at radius 3 is 2.39 bits per heavy atom. The van der Waals surface area contributed by atoms with Crippen LogP contribution in [0.5, 0.6) is 0 Å². The van der Waals surface area contributed by atoms with E-state index in [0.717, 1.165) is 51.5 Å². The van der Waals surface area contributed by atoms with Crippen LogP contribution in [-0.2, 0) is 4.79 Å². The molecule has 0 unspecified atom stereocenters. The molecule has 1 aliphatic carbocycles. The molecule has 0 bridgehead atoms. The maximum atomic E-state index is 11.2. The summed E-state index contributed by atoms with van der Waals surface area (Å²) in [6.07, 6.45) is 5.88. The number of halogens is 2. The van der Waals surface area contributed by atoms with Crippen molar-refractivity contribution in [3.05, 3.63) is 10.2 Å². The number of nitrogens with zero attached hydrogens (tertiary/aromatic N) is 4. The smallest absolute Gasteiger partial charge is 0.225 e. The zero-order chi connectivity index (χ0) is 20.1. The minimum atomic E-state index is 0.0910. The fourth-order valence-electron chi connectivity index (χ4n) is 4.16. The van der Waals surface area contributed by atoms with Crippen molar-refractivity contribution in [1.29, 1.82) is 0 Å². The highest BCUT2D eigenvalue weighted by molar-refractivity contribution is 6.42. The van der Waals surface area contributed by atoms with Gasteiger partial charge in [0.1, 0.15) is 5.02 Å². The van der Waals surface area contributed by atoms with Crippen LogP contribution in [-0.4, -0.2) is 66.6 Å². The van der Waals surface area contributed by atoms with Crippen LogP contribution in [0.15, 0.2) is 0 Å². The Kier molecular flexibility index (Phi) is 7.60. The van der Waals surface area contributed by atoms with Crippen molar-refractivity contribution in [2.24, 2.45) is 5.92 Å². The topological polar surface area (TPSA) is 73.4 Å². The zero-order valence-electron chi connectivity index (χ0n) is 16.7. The van der Waals surface area contributed by atoms with Crippen LogP contribution >= 0.6 is 23.2 Å².